The summed E-state index contributed by atoms with van der Waals surface area (Å²) in [6.45, 7) is 0.509. The molecule has 0 saturated heterocycles. The molecule has 0 spiro atoms. The monoisotopic (exact) mass is 211 g/mol. The van der Waals surface area contributed by atoms with Gasteiger partial charge in [0, 0.05) is 6.54 Å². The first kappa shape index (κ1) is 11.7. The summed E-state index contributed by atoms with van der Waals surface area (Å²) in [5, 5.41) is 2.74. The molecule has 1 rings (SSSR count). The van der Waals surface area contributed by atoms with Crippen LogP contribution in [0.25, 0.3) is 0 Å². The zero-order valence-electron chi connectivity index (χ0n) is 9.06. The number of rotatable bonds is 5. The predicted octanol–water partition coefficient (Wildman–Crippen LogP) is -0.0428. The van der Waals surface area contributed by atoms with E-state index >= 15 is 0 Å². The summed E-state index contributed by atoms with van der Waals surface area (Å²) in [6, 6.07) is 3.76. The van der Waals surface area contributed by atoms with Gasteiger partial charge in [-0.25, -0.2) is 0 Å². The Morgan fingerprint density at radius 1 is 1.67 bits per heavy atom. The van der Waals surface area contributed by atoms with Crippen LogP contribution in [0.2, 0.25) is 0 Å². The molecule has 1 unspecified atom stereocenters. The smallest absolute Gasteiger partial charge is 0.233 e. The summed E-state index contributed by atoms with van der Waals surface area (Å²) >= 11 is 0. The predicted molar refractivity (Wildman–Crippen MR) is 57.2 cm³/mol. The van der Waals surface area contributed by atoms with E-state index in [-0.39, 0.29) is 18.5 Å². The number of hydrogen-bond acceptors (Lipinski definition) is 4. The van der Waals surface area contributed by atoms with E-state index in [4.69, 9.17) is 10.2 Å². The lowest BCUT2D eigenvalue weighted by molar-refractivity contribution is -0.119. The molecule has 0 saturated carbocycles. The summed E-state index contributed by atoms with van der Waals surface area (Å²) in [7, 11) is 3.86. The van der Waals surface area contributed by atoms with Gasteiger partial charge in [-0.05, 0) is 26.2 Å². The third kappa shape index (κ3) is 3.38. The van der Waals surface area contributed by atoms with Crippen LogP contribution in [-0.4, -0.2) is 38.0 Å². The van der Waals surface area contributed by atoms with Gasteiger partial charge in [-0.15, -0.1) is 0 Å². The number of nitrogens with two attached hydrogens (primary N) is 1. The summed E-state index contributed by atoms with van der Waals surface area (Å²) in [4.78, 5) is 13.0. The standard InChI is InChI=1S/C10H17N3O2/c1-13(2)8(7-12-10(14)6-11)9-4-3-5-15-9/h3-5,8H,6-7,11H2,1-2H3,(H,12,14). The number of amides is 1. The molecule has 0 bridgehead atoms. The molecule has 1 atom stereocenters. The maximum atomic E-state index is 11.0. The number of carbonyl (C=O) groups is 1. The molecule has 5 heteroatoms. The normalized spacial score (nSPS) is 12.8. The van der Waals surface area contributed by atoms with Crippen molar-refractivity contribution < 1.29 is 9.21 Å². The van der Waals surface area contributed by atoms with Gasteiger partial charge < -0.3 is 15.5 Å². The van der Waals surface area contributed by atoms with Crippen LogP contribution in [0.5, 0.6) is 0 Å². The van der Waals surface area contributed by atoms with E-state index in [1.54, 1.807) is 6.26 Å². The largest absolute Gasteiger partial charge is 0.468 e. The fraction of sp³-hybridized carbons (Fsp3) is 0.500. The molecule has 1 aromatic heterocycles. The molecule has 1 aromatic rings. The number of carbonyl (C=O) groups excluding carboxylic acids is 1. The molecule has 0 aliphatic heterocycles. The number of nitrogens with one attached hydrogen (secondary N) is 1. The summed E-state index contributed by atoms with van der Waals surface area (Å²) < 4.78 is 5.30. The molecule has 3 N–H and O–H groups in total. The third-order valence-corrected chi connectivity index (χ3v) is 2.17. The van der Waals surface area contributed by atoms with Crippen LogP contribution in [0.4, 0.5) is 0 Å². The minimum absolute atomic E-state index is 0.0122. The van der Waals surface area contributed by atoms with Crippen molar-refractivity contribution in [3.8, 4) is 0 Å². The lowest BCUT2D eigenvalue weighted by atomic mass is 10.2. The third-order valence-electron chi connectivity index (χ3n) is 2.17. The number of hydrogen-bond donors (Lipinski definition) is 2. The molecule has 0 aromatic carbocycles. The Bertz CT molecular complexity index is 296. The lowest BCUT2D eigenvalue weighted by Gasteiger charge is -2.22. The Hall–Kier alpha value is -1.33. The molecule has 5 nitrogen and oxygen atoms in total. The number of nitrogens with zero attached hydrogens (tertiary/aromatic N) is 1. The molecule has 1 heterocycles. The van der Waals surface area contributed by atoms with Crippen LogP contribution in [0.1, 0.15) is 11.8 Å². The quantitative estimate of drug-likeness (QED) is 0.716. The minimum Gasteiger partial charge on any atom is -0.468 e. The van der Waals surface area contributed by atoms with Crippen molar-refractivity contribution in [2.24, 2.45) is 5.73 Å². The second-order valence-corrected chi connectivity index (χ2v) is 3.50. The highest BCUT2D eigenvalue weighted by Crippen LogP contribution is 2.17. The number of likely N-dealkylation sites (N-methyl/N-ethyl adjacent to an activating group) is 1. The molecule has 0 fully saturated rings. The van der Waals surface area contributed by atoms with Crippen molar-refractivity contribution in [1.29, 1.82) is 0 Å². The van der Waals surface area contributed by atoms with Crippen LogP contribution < -0.4 is 11.1 Å². The van der Waals surface area contributed by atoms with Gasteiger partial charge in [-0.1, -0.05) is 0 Å². The summed E-state index contributed by atoms with van der Waals surface area (Å²) in [5.74, 6) is 0.672. The van der Waals surface area contributed by atoms with Crippen molar-refractivity contribution >= 4 is 5.91 Å². The topological polar surface area (TPSA) is 71.5 Å². The Labute approximate surface area is 89.2 Å². The summed E-state index contributed by atoms with van der Waals surface area (Å²) in [6.07, 6.45) is 1.62. The number of furan rings is 1. The Morgan fingerprint density at radius 2 is 2.40 bits per heavy atom. The Kier molecular flexibility index (Phi) is 4.33. The van der Waals surface area contributed by atoms with E-state index in [0.717, 1.165) is 5.76 Å². The van der Waals surface area contributed by atoms with Gasteiger partial charge in [0.15, 0.2) is 0 Å². The fourth-order valence-electron chi connectivity index (χ4n) is 1.30. The SMILES string of the molecule is CN(C)C(CNC(=O)CN)c1ccco1. The van der Waals surface area contributed by atoms with Crippen molar-refractivity contribution in [1.82, 2.24) is 10.2 Å². The molecule has 0 aliphatic carbocycles. The highest BCUT2D eigenvalue weighted by molar-refractivity contribution is 5.77. The zero-order valence-corrected chi connectivity index (χ0v) is 9.06. The average molecular weight is 211 g/mol. The van der Waals surface area contributed by atoms with Crippen molar-refractivity contribution in [2.45, 2.75) is 6.04 Å². The molecule has 1 amide bonds. The van der Waals surface area contributed by atoms with Crippen LogP contribution >= 0.6 is 0 Å². The van der Waals surface area contributed by atoms with Crippen LogP contribution in [-0.2, 0) is 4.79 Å². The van der Waals surface area contributed by atoms with Crippen LogP contribution in [0.3, 0.4) is 0 Å². The van der Waals surface area contributed by atoms with Gasteiger partial charge in [-0.3, -0.25) is 9.69 Å². The van der Waals surface area contributed by atoms with Gasteiger partial charge in [-0.2, -0.15) is 0 Å². The van der Waals surface area contributed by atoms with E-state index in [9.17, 15) is 4.79 Å². The van der Waals surface area contributed by atoms with E-state index in [1.165, 1.54) is 0 Å². The first-order valence-electron chi connectivity index (χ1n) is 4.81. The molecule has 0 radical (unpaired) electrons. The van der Waals surface area contributed by atoms with Gasteiger partial charge in [0.05, 0.1) is 18.8 Å². The fourth-order valence-corrected chi connectivity index (χ4v) is 1.30. The van der Waals surface area contributed by atoms with E-state index < -0.39 is 0 Å². The Morgan fingerprint density at radius 3 is 2.87 bits per heavy atom. The second-order valence-electron chi connectivity index (χ2n) is 3.50. The first-order chi connectivity index (χ1) is 7.15. The van der Waals surface area contributed by atoms with Gasteiger partial charge in [0.2, 0.25) is 5.91 Å². The molecule has 0 aliphatic rings. The average Bonchev–Trinajstić information content (AvgIpc) is 2.70. The first-order valence-corrected chi connectivity index (χ1v) is 4.81. The molecule has 15 heavy (non-hydrogen) atoms. The van der Waals surface area contributed by atoms with Crippen molar-refractivity contribution in [2.75, 3.05) is 27.2 Å². The van der Waals surface area contributed by atoms with Crippen LogP contribution in [0, 0.1) is 0 Å². The Balaban J connectivity index is 2.56. The second kappa shape index (κ2) is 5.53. The van der Waals surface area contributed by atoms with Gasteiger partial charge in [0.1, 0.15) is 5.76 Å². The van der Waals surface area contributed by atoms with Crippen LogP contribution in [0.15, 0.2) is 22.8 Å². The molecule has 84 valence electrons. The summed E-state index contributed by atoms with van der Waals surface area (Å²) in [5.41, 5.74) is 5.20. The van der Waals surface area contributed by atoms with Gasteiger partial charge >= 0.3 is 0 Å². The van der Waals surface area contributed by atoms with Crippen molar-refractivity contribution in [3.63, 3.8) is 0 Å². The highest BCUT2D eigenvalue weighted by atomic mass is 16.3. The maximum Gasteiger partial charge on any atom is 0.233 e. The van der Waals surface area contributed by atoms with E-state index in [2.05, 4.69) is 5.32 Å². The van der Waals surface area contributed by atoms with Crippen molar-refractivity contribution in [3.05, 3.63) is 24.2 Å². The zero-order chi connectivity index (χ0) is 11.3. The molecular weight excluding hydrogens is 194 g/mol. The molecular formula is C10H17N3O2. The van der Waals surface area contributed by atoms with E-state index in [1.807, 2.05) is 31.1 Å². The minimum atomic E-state index is -0.159. The van der Waals surface area contributed by atoms with Gasteiger partial charge in [0.25, 0.3) is 0 Å². The van der Waals surface area contributed by atoms with E-state index in [0.29, 0.717) is 6.54 Å². The maximum absolute atomic E-state index is 11.0. The lowest BCUT2D eigenvalue weighted by Crippen LogP contribution is -2.37. The highest BCUT2D eigenvalue weighted by Gasteiger charge is 2.17.